The van der Waals surface area contributed by atoms with E-state index >= 15 is 0 Å². The standard InChI is InChI=1S/C7H15O.Al/c1-5(2)7(8)6(3)4;/h5-7H,1-4H3;/q-1;+1. The quantitative estimate of drug-likeness (QED) is 0.546. The molecule has 0 bridgehead atoms. The molecule has 0 saturated carbocycles. The monoisotopic (exact) mass is 142 g/mol. The summed E-state index contributed by atoms with van der Waals surface area (Å²) in [5.41, 5.74) is 0. The Kier molecular flexibility index (Phi) is 4.57. The van der Waals surface area contributed by atoms with Gasteiger partial charge in [-0.2, -0.15) is 0 Å². The summed E-state index contributed by atoms with van der Waals surface area (Å²) in [4.78, 5) is 0. The summed E-state index contributed by atoms with van der Waals surface area (Å²) in [6.07, 6.45) is 0.384. The van der Waals surface area contributed by atoms with E-state index in [9.17, 15) is 0 Å². The van der Waals surface area contributed by atoms with Crippen LogP contribution in [0.3, 0.4) is 0 Å². The summed E-state index contributed by atoms with van der Waals surface area (Å²) in [6.45, 7) is 8.70. The van der Waals surface area contributed by atoms with Gasteiger partial charge in [-0.3, -0.25) is 0 Å². The molecule has 52 valence electrons. The van der Waals surface area contributed by atoms with Gasteiger partial charge in [-0.05, 0) is 11.8 Å². The lowest BCUT2D eigenvalue weighted by Gasteiger charge is -2.24. The number of hydrogen-bond donors (Lipinski definition) is 0. The maximum absolute atomic E-state index is 5.19. The molecule has 0 unspecified atom stereocenters. The van der Waals surface area contributed by atoms with Gasteiger partial charge in [0.05, 0.1) is 0 Å². The first kappa shape index (κ1) is 9.49. The average molecular weight is 142 g/mol. The van der Waals surface area contributed by atoms with Crippen molar-refractivity contribution in [3.63, 3.8) is 0 Å². The Hall–Kier alpha value is 0.492. The molecule has 0 fully saturated rings. The van der Waals surface area contributed by atoms with E-state index in [4.69, 9.17) is 3.79 Å². The van der Waals surface area contributed by atoms with Crippen molar-refractivity contribution in [2.45, 2.75) is 33.8 Å². The fourth-order valence-electron chi connectivity index (χ4n) is 1.08. The Balaban J connectivity index is 3.68. The highest BCUT2D eigenvalue weighted by molar-refractivity contribution is 5.98. The molecule has 0 heterocycles. The normalized spacial score (nSPS) is 11.9. The van der Waals surface area contributed by atoms with E-state index in [1.165, 1.54) is 0 Å². The molecule has 0 saturated heterocycles. The topological polar surface area (TPSA) is 9.23 Å². The van der Waals surface area contributed by atoms with Gasteiger partial charge in [0.2, 0.25) is 0 Å². The van der Waals surface area contributed by atoms with Crippen LogP contribution in [0, 0.1) is 11.8 Å². The van der Waals surface area contributed by atoms with Crippen LogP contribution in [-0.2, 0) is 3.79 Å². The summed E-state index contributed by atoms with van der Waals surface area (Å²) in [7, 11) is 0. The van der Waals surface area contributed by atoms with Crippen molar-refractivity contribution in [3.05, 3.63) is 0 Å². The van der Waals surface area contributed by atoms with Crippen LogP contribution in [0.2, 0.25) is 0 Å². The largest absolute Gasteiger partial charge is 0.513 e. The maximum atomic E-state index is 5.19. The summed E-state index contributed by atoms with van der Waals surface area (Å²) in [5, 5.41) is 0. The molecule has 0 N–H and O–H groups in total. The molecule has 0 rings (SSSR count). The summed E-state index contributed by atoms with van der Waals surface area (Å²) < 4.78 is 5.19. The minimum absolute atomic E-state index is 0.384. The molecule has 0 aliphatic heterocycles. The first-order chi connectivity index (χ1) is 4.09. The smallest absolute Gasteiger partial charge is 0.369 e. The third-order valence-electron chi connectivity index (χ3n) is 1.47. The van der Waals surface area contributed by atoms with Crippen molar-refractivity contribution >= 4 is 16.6 Å². The zero-order chi connectivity index (χ0) is 7.44. The third kappa shape index (κ3) is 3.25. The molecular weight excluding hydrogens is 127 g/mol. The molecule has 0 atom stereocenters. The molecule has 0 aliphatic carbocycles. The Morgan fingerprint density at radius 2 is 1.33 bits per heavy atom. The first-order valence-electron chi connectivity index (χ1n) is 3.45. The third-order valence-corrected chi connectivity index (χ3v) is 1.79. The summed E-state index contributed by atoms with van der Waals surface area (Å²) in [6, 6.07) is 0. The fourth-order valence-corrected chi connectivity index (χ4v) is 1.71. The Bertz CT molecular complexity index is 63.3. The van der Waals surface area contributed by atoms with Gasteiger partial charge in [-0.1, -0.05) is 27.7 Å². The molecule has 0 amide bonds. The Labute approximate surface area is 66.5 Å². The molecule has 1 nitrogen and oxygen atoms in total. The van der Waals surface area contributed by atoms with Crippen LogP contribution in [0.1, 0.15) is 27.7 Å². The Morgan fingerprint density at radius 1 is 1.00 bits per heavy atom. The number of hydrogen-bond acceptors (Lipinski definition) is 1. The Morgan fingerprint density at radius 3 is 1.33 bits per heavy atom. The summed E-state index contributed by atoms with van der Waals surface area (Å²) in [5.74, 6) is 1.23. The SMILES string of the molecule is CC(C)C([O][Al])C(C)C. The molecule has 0 spiro atoms. The van der Waals surface area contributed by atoms with Crippen molar-refractivity contribution in [2.24, 2.45) is 11.8 Å². The zero-order valence-electron chi connectivity index (χ0n) is 6.72. The molecule has 0 aromatic carbocycles. The van der Waals surface area contributed by atoms with Crippen molar-refractivity contribution < 1.29 is 3.79 Å². The van der Waals surface area contributed by atoms with Crippen molar-refractivity contribution in [2.75, 3.05) is 0 Å². The average Bonchev–Trinajstić information content (AvgIpc) is 1.64. The van der Waals surface area contributed by atoms with Gasteiger partial charge >= 0.3 is 16.6 Å². The molecule has 9 heavy (non-hydrogen) atoms. The molecule has 0 aromatic heterocycles. The van der Waals surface area contributed by atoms with Crippen LogP contribution < -0.4 is 0 Å². The second-order valence-corrected chi connectivity index (χ2v) is 3.36. The second-order valence-electron chi connectivity index (χ2n) is 3.09. The van der Waals surface area contributed by atoms with E-state index in [0.717, 1.165) is 0 Å². The van der Waals surface area contributed by atoms with Crippen LogP contribution in [0.4, 0.5) is 0 Å². The van der Waals surface area contributed by atoms with Crippen LogP contribution in [0.25, 0.3) is 0 Å². The zero-order valence-corrected chi connectivity index (χ0v) is 7.87. The minimum atomic E-state index is 0.384. The molecule has 2 heteroatoms. The van der Waals surface area contributed by atoms with Gasteiger partial charge in [-0.15, -0.1) is 0 Å². The van der Waals surface area contributed by atoms with Crippen molar-refractivity contribution in [1.82, 2.24) is 0 Å². The predicted molar refractivity (Wildman–Crippen MR) is 40.3 cm³/mol. The van der Waals surface area contributed by atoms with Gasteiger partial charge in [0.25, 0.3) is 0 Å². The van der Waals surface area contributed by atoms with Gasteiger partial charge in [0.15, 0.2) is 0 Å². The van der Waals surface area contributed by atoms with Crippen LogP contribution in [0.5, 0.6) is 0 Å². The highest BCUT2D eigenvalue weighted by atomic mass is 27.1. The van der Waals surface area contributed by atoms with Gasteiger partial charge in [0.1, 0.15) is 0 Å². The van der Waals surface area contributed by atoms with E-state index in [0.29, 0.717) is 17.9 Å². The predicted octanol–water partition coefficient (Wildman–Crippen LogP) is 1.77. The van der Waals surface area contributed by atoms with Gasteiger partial charge in [0, 0.05) is 6.10 Å². The van der Waals surface area contributed by atoms with Crippen molar-refractivity contribution in [1.29, 1.82) is 0 Å². The van der Waals surface area contributed by atoms with E-state index in [-0.39, 0.29) is 0 Å². The molecular formula is C7H15AlO. The first-order valence-corrected chi connectivity index (χ1v) is 3.92. The maximum Gasteiger partial charge on any atom is 0.369 e. The molecule has 2 radical (unpaired) electrons. The summed E-state index contributed by atoms with van der Waals surface area (Å²) >= 11 is 2.33. The highest BCUT2D eigenvalue weighted by Gasteiger charge is 2.13. The van der Waals surface area contributed by atoms with E-state index in [2.05, 4.69) is 44.3 Å². The lowest BCUT2D eigenvalue weighted by Crippen LogP contribution is -2.24. The lowest BCUT2D eigenvalue weighted by atomic mass is 9.97. The van der Waals surface area contributed by atoms with E-state index in [1.54, 1.807) is 0 Å². The van der Waals surface area contributed by atoms with Crippen LogP contribution >= 0.6 is 0 Å². The highest BCUT2D eigenvalue weighted by Crippen LogP contribution is 2.13. The van der Waals surface area contributed by atoms with Crippen LogP contribution in [-0.4, -0.2) is 22.7 Å². The van der Waals surface area contributed by atoms with E-state index in [1.807, 2.05) is 0 Å². The van der Waals surface area contributed by atoms with Crippen LogP contribution in [0.15, 0.2) is 0 Å². The van der Waals surface area contributed by atoms with Gasteiger partial charge in [-0.25, -0.2) is 0 Å². The second kappa shape index (κ2) is 4.33. The van der Waals surface area contributed by atoms with E-state index < -0.39 is 0 Å². The van der Waals surface area contributed by atoms with Crippen molar-refractivity contribution in [3.8, 4) is 0 Å². The lowest BCUT2D eigenvalue weighted by molar-refractivity contribution is 0.117. The molecule has 0 aliphatic rings. The molecule has 0 aromatic rings. The minimum Gasteiger partial charge on any atom is -0.513 e. The number of rotatable bonds is 3. The fraction of sp³-hybridized carbons (Fsp3) is 1.00. The van der Waals surface area contributed by atoms with Gasteiger partial charge < -0.3 is 3.79 Å².